The van der Waals surface area contributed by atoms with E-state index < -0.39 is 27.3 Å². The SMILES string of the molecule is NC(=NC(=NC12CC3CC(CC(C3)C1)C2)NS(=O)(=O)c1ccc(C(F)(F)F)cc1)c1ccccc1. The maximum absolute atomic E-state index is 13.1. The Morgan fingerprint density at radius 3 is 1.97 bits per heavy atom. The van der Waals surface area contributed by atoms with Gasteiger partial charge in [0.2, 0.25) is 5.96 Å². The van der Waals surface area contributed by atoms with Gasteiger partial charge in [0, 0.05) is 5.56 Å². The molecule has 0 amide bonds. The van der Waals surface area contributed by atoms with Crippen molar-refractivity contribution in [2.24, 2.45) is 33.5 Å². The molecule has 4 saturated carbocycles. The first kappa shape index (κ1) is 23.8. The summed E-state index contributed by atoms with van der Waals surface area (Å²) in [7, 11) is -4.24. The predicted molar refractivity (Wildman–Crippen MR) is 127 cm³/mol. The molecule has 2 aromatic carbocycles. The first-order valence-electron chi connectivity index (χ1n) is 11.7. The van der Waals surface area contributed by atoms with Gasteiger partial charge in [-0.3, -0.25) is 0 Å². The van der Waals surface area contributed by atoms with Crippen molar-refractivity contribution >= 4 is 21.8 Å². The van der Waals surface area contributed by atoms with Crippen LogP contribution in [0, 0.1) is 17.8 Å². The molecule has 0 aliphatic heterocycles. The number of hydrogen-bond donors (Lipinski definition) is 2. The molecule has 2 aromatic rings. The molecule has 0 spiro atoms. The molecule has 4 aliphatic rings. The molecule has 4 aliphatic carbocycles. The Hall–Kier alpha value is -2.88. The highest BCUT2D eigenvalue weighted by Crippen LogP contribution is 2.57. The Labute approximate surface area is 202 Å². The molecule has 0 atom stereocenters. The van der Waals surface area contributed by atoms with E-state index in [4.69, 9.17) is 10.7 Å². The fraction of sp³-hybridized carbons (Fsp3) is 0.440. The van der Waals surface area contributed by atoms with E-state index >= 15 is 0 Å². The molecule has 3 N–H and O–H groups in total. The highest BCUT2D eigenvalue weighted by molar-refractivity contribution is 7.90. The van der Waals surface area contributed by atoms with Crippen molar-refractivity contribution in [3.63, 3.8) is 0 Å². The number of alkyl halides is 3. The molecule has 0 unspecified atom stereocenters. The molecule has 6 nitrogen and oxygen atoms in total. The van der Waals surface area contributed by atoms with Crippen molar-refractivity contribution in [2.75, 3.05) is 0 Å². The van der Waals surface area contributed by atoms with Crippen LogP contribution in [0.2, 0.25) is 0 Å². The second kappa shape index (κ2) is 8.65. The minimum Gasteiger partial charge on any atom is -0.383 e. The summed E-state index contributed by atoms with van der Waals surface area (Å²) < 4.78 is 67.5. The minimum absolute atomic E-state index is 0.101. The third kappa shape index (κ3) is 5.07. The molecule has 35 heavy (non-hydrogen) atoms. The summed E-state index contributed by atoms with van der Waals surface area (Å²) in [6.07, 6.45) is 1.65. The number of amidine groups is 1. The summed E-state index contributed by atoms with van der Waals surface area (Å²) in [4.78, 5) is 8.94. The lowest BCUT2D eigenvalue weighted by Crippen LogP contribution is -2.50. The van der Waals surface area contributed by atoms with Crippen LogP contribution in [-0.2, 0) is 16.2 Å². The number of rotatable bonds is 4. The number of guanidine groups is 1. The van der Waals surface area contributed by atoms with Crippen LogP contribution in [0.15, 0.2) is 69.5 Å². The Kier molecular flexibility index (Phi) is 5.89. The summed E-state index contributed by atoms with van der Waals surface area (Å²) in [5, 5.41) is 0. The quantitative estimate of drug-likeness (QED) is 0.466. The molecule has 10 heteroatoms. The monoisotopic (exact) mass is 504 g/mol. The standard InChI is InChI=1S/C25H27F3N4O2S/c26-25(27,28)20-6-8-21(9-7-20)35(33,34)32-23(30-22(29)19-4-2-1-3-5-19)31-24-13-16-10-17(14-24)12-18(11-16)15-24/h1-9,16-18H,10-15H2,(H3,29,30,31,32). The van der Waals surface area contributed by atoms with Gasteiger partial charge in [0.1, 0.15) is 5.84 Å². The van der Waals surface area contributed by atoms with Gasteiger partial charge in [-0.15, -0.1) is 0 Å². The van der Waals surface area contributed by atoms with Gasteiger partial charge in [0.05, 0.1) is 16.0 Å². The lowest BCUT2D eigenvalue weighted by atomic mass is 9.53. The zero-order valence-corrected chi connectivity index (χ0v) is 19.8. The Bertz CT molecular complexity index is 1220. The van der Waals surface area contributed by atoms with E-state index in [1.807, 2.05) is 6.07 Å². The fourth-order valence-electron chi connectivity index (χ4n) is 6.29. The van der Waals surface area contributed by atoms with Gasteiger partial charge in [-0.25, -0.2) is 18.1 Å². The number of aliphatic imine (C=N–C) groups is 2. The zero-order valence-electron chi connectivity index (χ0n) is 19.0. The minimum atomic E-state index is -4.56. The molecule has 0 heterocycles. The van der Waals surface area contributed by atoms with E-state index in [1.54, 1.807) is 24.3 Å². The van der Waals surface area contributed by atoms with Gasteiger partial charge in [-0.05, 0) is 80.5 Å². The van der Waals surface area contributed by atoms with E-state index in [-0.39, 0.29) is 16.7 Å². The Morgan fingerprint density at radius 1 is 0.914 bits per heavy atom. The third-order valence-corrected chi connectivity index (χ3v) is 8.71. The van der Waals surface area contributed by atoms with Crippen molar-refractivity contribution in [1.82, 2.24) is 4.72 Å². The molecule has 6 rings (SSSR count). The molecular weight excluding hydrogens is 477 g/mol. The molecule has 0 radical (unpaired) electrons. The van der Waals surface area contributed by atoms with Crippen LogP contribution >= 0.6 is 0 Å². The summed E-state index contributed by atoms with van der Waals surface area (Å²) in [5.41, 5.74) is 5.49. The van der Waals surface area contributed by atoms with Crippen molar-refractivity contribution in [2.45, 2.75) is 55.1 Å². The average molecular weight is 505 g/mol. The Balaban J connectivity index is 1.50. The zero-order chi connectivity index (χ0) is 24.8. The van der Waals surface area contributed by atoms with E-state index in [9.17, 15) is 21.6 Å². The second-order valence-electron chi connectivity index (χ2n) is 10.1. The molecule has 4 bridgehead atoms. The van der Waals surface area contributed by atoms with E-state index in [0.29, 0.717) is 23.3 Å². The van der Waals surface area contributed by atoms with Crippen LogP contribution in [0.3, 0.4) is 0 Å². The Morgan fingerprint density at radius 2 is 1.46 bits per heavy atom. The van der Waals surface area contributed by atoms with Crippen LogP contribution in [-0.4, -0.2) is 25.8 Å². The van der Waals surface area contributed by atoms with E-state index in [0.717, 1.165) is 43.5 Å². The van der Waals surface area contributed by atoms with E-state index in [2.05, 4.69) is 9.71 Å². The number of halogens is 3. The van der Waals surface area contributed by atoms with Crippen molar-refractivity contribution in [1.29, 1.82) is 0 Å². The highest BCUT2D eigenvalue weighted by Gasteiger charge is 2.51. The van der Waals surface area contributed by atoms with Crippen LogP contribution in [0.1, 0.15) is 49.7 Å². The lowest BCUT2D eigenvalue weighted by Gasteiger charge is -2.54. The number of nitrogens with zero attached hydrogens (tertiary/aromatic N) is 2. The van der Waals surface area contributed by atoms with E-state index in [1.165, 1.54) is 19.3 Å². The topological polar surface area (TPSA) is 96.9 Å². The normalized spacial score (nSPS) is 28.8. The first-order valence-corrected chi connectivity index (χ1v) is 13.2. The summed E-state index contributed by atoms with van der Waals surface area (Å²) >= 11 is 0. The van der Waals surface area contributed by atoms with Crippen LogP contribution in [0.25, 0.3) is 0 Å². The molecular formula is C25H27F3N4O2S. The molecule has 186 valence electrons. The summed E-state index contributed by atoms with van der Waals surface area (Å²) in [5.74, 6) is 1.70. The van der Waals surface area contributed by atoms with Crippen molar-refractivity contribution in [3.05, 3.63) is 65.7 Å². The fourth-order valence-corrected chi connectivity index (χ4v) is 7.23. The first-order chi connectivity index (χ1) is 16.5. The van der Waals surface area contributed by atoms with Crippen molar-refractivity contribution < 1.29 is 21.6 Å². The average Bonchev–Trinajstić information content (AvgIpc) is 2.77. The van der Waals surface area contributed by atoms with Crippen LogP contribution in [0.4, 0.5) is 13.2 Å². The lowest BCUT2D eigenvalue weighted by molar-refractivity contribution is -0.137. The van der Waals surface area contributed by atoms with Gasteiger partial charge in [-0.2, -0.15) is 18.2 Å². The van der Waals surface area contributed by atoms with Gasteiger partial charge in [0.15, 0.2) is 0 Å². The maximum atomic E-state index is 13.1. The molecule has 4 fully saturated rings. The van der Waals surface area contributed by atoms with Gasteiger partial charge < -0.3 is 5.73 Å². The van der Waals surface area contributed by atoms with Gasteiger partial charge in [0.25, 0.3) is 10.0 Å². The number of nitrogens with two attached hydrogens (primary N) is 1. The maximum Gasteiger partial charge on any atom is 0.416 e. The summed E-state index contributed by atoms with van der Waals surface area (Å²) in [6, 6.07) is 12.3. The second-order valence-corrected chi connectivity index (χ2v) is 11.8. The molecule has 0 aromatic heterocycles. The number of hydrogen-bond acceptors (Lipinski definition) is 3. The largest absolute Gasteiger partial charge is 0.416 e. The van der Waals surface area contributed by atoms with Gasteiger partial charge in [-0.1, -0.05) is 30.3 Å². The van der Waals surface area contributed by atoms with Crippen molar-refractivity contribution in [3.8, 4) is 0 Å². The van der Waals surface area contributed by atoms with Gasteiger partial charge >= 0.3 is 6.18 Å². The number of nitrogens with one attached hydrogen (secondary N) is 1. The predicted octanol–water partition coefficient (Wildman–Crippen LogP) is 4.71. The van der Waals surface area contributed by atoms with Crippen LogP contribution < -0.4 is 10.5 Å². The summed E-state index contributed by atoms with van der Waals surface area (Å²) in [6.45, 7) is 0. The number of benzene rings is 2. The molecule has 0 saturated heterocycles. The van der Waals surface area contributed by atoms with Crippen LogP contribution in [0.5, 0.6) is 0 Å². The third-order valence-electron chi connectivity index (χ3n) is 7.36. The smallest absolute Gasteiger partial charge is 0.383 e. The highest BCUT2D eigenvalue weighted by atomic mass is 32.2. The number of sulfonamides is 1.